The zero-order chi connectivity index (χ0) is 24.2. The third-order valence-electron chi connectivity index (χ3n) is 5.89. The predicted molar refractivity (Wildman–Crippen MR) is 131 cm³/mol. The normalized spacial score (nSPS) is 13.7. The summed E-state index contributed by atoms with van der Waals surface area (Å²) in [4.78, 5) is 30.6. The van der Waals surface area contributed by atoms with Crippen molar-refractivity contribution in [3.63, 3.8) is 0 Å². The van der Waals surface area contributed by atoms with E-state index in [2.05, 4.69) is 5.32 Å². The molecular weight excluding hydrogens is 442 g/mol. The number of carbonyl (C=O) groups excluding carboxylic acids is 2. The fraction of sp³-hybridized carbons (Fsp3) is 0.143. The van der Waals surface area contributed by atoms with Gasteiger partial charge in [0.1, 0.15) is 11.8 Å². The number of nitrogens with zero attached hydrogens (tertiary/aromatic N) is 2. The number of furan rings is 1. The molecule has 0 saturated carbocycles. The second-order valence-corrected chi connectivity index (χ2v) is 8.15. The molecule has 0 bridgehead atoms. The number of anilines is 1. The summed E-state index contributed by atoms with van der Waals surface area (Å²) in [6, 6.07) is 19.8. The van der Waals surface area contributed by atoms with Gasteiger partial charge in [-0.05, 0) is 66.8 Å². The van der Waals surface area contributed by atoms with Crippen LogP contribution in [0.4, 0.5) is 5.69 Å². The first-order valence-electron chi connectivity index (χ1n) is 11.3. The van der Waals surface area contributed by atoms with Gasteiger partial charge in [-0.25, -0.2) is 9.78 Å². The molecule has 1 N–H and O–H groups in total. The molecule has 0 unspecified atom stereocenters. The summed E-state index contributed by atoms with van der Waals surface area (Å²) in [5.74, 6) is -0.379. The molecular formula is C28H21N3O4. The molecule has 172 valence electrons. The average Bonchev–Trinajstić information content (AvgIpc) is 3.40. The van der Waals surface area contributed by atoms with Gasteiger partial charge in [-0.15, -0.1) is 0 Å². The summed E-state index contributed by atoms with van der Waals surface area (Å²) in [6.45, 7) is -0.473. The van der Waals surface area contributed by atoms with Crippen LogP contribution in [0.3, 0.4) is 0 Å². The Balaban J connectivity index is 1.45. The van der Waals surface area contributed by atoms with E-state index in [0.717, 1.165) is 35.4 Å². The van der Waals surface area contributed by atoms with Gasteiger partial charge in [0.25, 0.3) is 5.91 Å². The maximum Gasteiger partial charge on any atom is 0.339 e. The lowest BCUT2D eigenvalue weighted by molar-refractivity contribution is -0.119. The molecule has 0 atom stereocenters. The molecule has 2 aromatic heterocycles. The van der Waals surface area contributed by atoms with Crippen molar-refractivity contribution < 1.29 is 18.7 Å². The predicted octanol–water partition coefficient (Wildman–Crippen LogP) is 5.37. The quantitative estimate of drug-likeness (QED) is 0.399. The van der Waals surface area contributed by atoms with Crippen LogP contribution in [0.1, 0.15) is 45.8 Å². The molecule has 1 amide bonds. The first-order valence-corrected chi connectivity index (χ1v) is 11.3. The van der Waals surface area contributed by atoms with Crippen molar-refractivity contribution in [3.8, 4) is 6.07 Å². The Labute approximate surface area is 201 Å². The fourth-order valence-corrected chi connectivity index (χ4v) is 4.33. The van der Waals surface area contributed by atoms with Crippen molar-refractivity contribution in [1.29, 1.82) is 5.26 Å². The zero-order valence-electron chi connectivity index (χ0n) is 18.8. The number of nitrogens with one attached hydrogen (secondary N) is 1. The smallest absolute Gasteiger partial charge is 0.339 e. The van der Waals surface area contributed by atoms with Gasteiger partial charge in [-0.2, -0.15) is 5.26 Å². The lowest BCUT2D eigenvalue weighted by Gasteiger charge is -2.22. The van der Waals surface area contributed by atoms with Crippen LogP contribution in [0.2, 0.25) is 0 Å². The first kappa shape index (κ1) is 22.1. The third-order valence-corrected chi connectivity index (χ3v) is 5.89. The van der Waals surface area contributed by atoms with Gasteiger partial charge >= 0.3 is 5.97 Å². The highest BCUT2D eigenvalue weighted by Gasteiger charge is 2.26. The number of carbonyl (C=O) groups is 2. The van der Waals surface area contributed by atoms with Crippen molar-refractivity contribution >= 4 is 40.1 Å². The summed E-state index contributed by atoms with van der Waals surface area (Å²) >= 11 is 0. The number of amides is 1. The maximum atomic E-state index is 13.3. The van der Waals surface area contributed by atoms with E-state index in [9.17, 15) is 14.9 Å². The molecule has 1 aliphatic rings. The molecule has 1 aliphatic carbocycles. The minimum atomic E-state index is -0.581. The molecule has 0 radical (unpaired) electrons. The molecule has 0 aliphatic heterocycles. The summed E-state index contributed by atoms with van der Waals surface area (Å²) < 4.78 is 10.9. The maximum absolute atomic E-state index is 13.3. The molecule has 7 nitrogen and oxygen atoms in total. The number of hydrogen-bond donors (Lipinski definition) is 1. The van der Waals surface area contributed by atoms with Gasteiger partial charge in [0.05, 0.1) is 34.3 Å². The van der Waals surface area contributed by atoms with E-state index < -0.39 is 18.5 Å². The summed E-state index contributed by atoms with van der Waals surface area (Å²) in [5.41, 5.74) is 4.37. The molecule has 0 saturated heterocycles. The highest BCUT2D eigenvalue weighted by molar-refractivity contribution is 6.07. The molecule has 0 fully saturated rings. The molecule has 35 heavy (non-hydrogen) atoms. The van der Waals surface area contributed by atoms with Crippen molar-refractivity contribution in [2.75, 3.05) is 11.9 Å². The van der Waals surface area contributed by atoms with E-state index in [0.29, 0.717) is 34.1 Å². The van der Waals surface area contributed by atoms with E-state index in [1.165, 1.54) is 0 Å². The summed E-state index contributed by atoms with van der Waals surface area (Å²) in [6.07, 6.45) is 5.91. The molecule has 2 aromatic carbocycles. The van der Waals surface area contributed by atoms with E-state index >= 15 is 0 Å². The van der Waals surface area contributed by atoms with Gasteiger partial charge in [0, 0.05) is 5.39 Å². The van der Waals surface area contributed by atoms with Crippen LogP contribution >= 0.6 is 0 Å². The number of rotatable bonds is 5. The summed E-state index contributed by atoms with van der Waals surface area (Å²) in [7, 11) is 0. The number of para-hydroxylation sites is 2. The standard InChI is InChI=1S/C28H21N3O4/c29-16-19-7-1-3-12-23(19)30-25(32)17-35-28(33)26-21-10-2-4-13-24(21)31-27-18(8-5-11-22(26)27)15-20-9-6-14-34-20/h1-4,6-7,9-10,12-15H,5,8,11,17H2,(H,30,32). The largest absolute Gasteiger partial charge is 0.465 e. The lowest BCUT2D eigenvalue weighted by Crippen LogP contribution is -2.23. The van der Waals surface area contributed by atoms with E-state index in [1.807, 2.05) is 48.5 Å². The van der Waals surface area contributed by atoms with Crippen LogP contribution in [0.5, 0.6) is 0 Å². The molecule has 2 heterocycles. The minimum absolute atomic E-state index is 0.331. The van der Waals surface area contributed by atoms with Gasteiger partial charge in [0.15, 0.2) is 6.61 Å². The van der Waals surface area contributed by atoms with Gasteiger partial charge in [-0.1, -0.05) is 30.3 Å². The number of esters is 1. The number of benzene rings is 2. The number of hydrogen-bond acceptors (Lipinski definition) is 6. The Bertz CT molecular complexity index is 1500. The Morgan fingerprint density at radius 3 is 2.74 bits per heavy atom. The van der Waals surface area contributed by atoms with Crippen LogP contribution in [0.25, 0.3) is 22.6 Å². The number of ether oxygens (including phenoxy) is 1. The van der Waals surface area contributed by atoms with E-state index in [1.54, 1.807) is 30.5 Å². The number of aromatic nitrogens is 1. The zero-order valence-corrected chi connectivity index (χ0v) is 18.8. The van der Waals surface area contributed by atoms with E-state index in [4.69, 9.17) is 14.1 Å². The van der Waals surface area contributed by atoms with Crippen LogP contribution in [-0.2, 0) is 16.0 Å². The van der Waals surface area contributed by atoms with Crippen molar-refractivity contribution in [3.05, 3.63) is 95.1 Å². The highest BCUT2D eigenvalue weighted by atomic mass is 16.5. The van der Waals surface area contributed by atoms with Gasteiger partial charge in [0.2, 0.25) is 0 Å². The fourth-order valence-electron chi connectivity index (χ4n) is 4.33. The average molecular weight is 463 g/mol. The van der Waals surface area contributed by atoms with Gasteiger partial charge < -0.3 is 14.5 Å². The van der Waals surface area contributed by atoms with Crippen LogP contribution < -0.4 is 5.32 Å². The lowest BCUT2D eigenvalue weighted by atomic mass is 9.86. The number of fused-ring (bicyclic) bond motifs is 2. The SMILES string of the molecule is N#Cc1ccccc1NC(=O)COC(=O)c1c2c(nc3ccccc13)C(=Cc1ccco1)CCC2. The summed E-state index contributed by atoms with van der Waals surface area (Å²) in [5, 5.41) is 12.5. The third kappa shape index (κ3) is 4.55. The molecule has 0 spiro atoms. The molecule has 4 aromatic rings. The Morgan fingerprint density at radius 1 is 1.09 bits per heavy atom. The van der Waals surface area contributed by atoms with Crippen LogP contribution in [0, 0.1) is 11.3 Å². The molecule has 5 rings (SSSR count). The van der Waals surface area contributed by atoms with Crippen molar-refractivity contribution in [1.82, 2.24) is 4.98 Å². The first-order chi connectivity index (χ1) is 17.1. The Morgan fingerprint density at radius 2 is 1.91 bits per heavy atom. The van der Waals surface area contributed by atoms with Crippen molar-refractivity contribution in [2.24, 2.45) is 0 Å². The van der Waals surface area contributed by atoms with Gasteiger partial charge in [-0.3, -0.25) is 4.79 Å². The van der Waals surface area contributed by atoms with E-state index in [-0.39, 0.29) is 0 Å². The molecule has 7 heteroatoms. The number of nitriles is 1. The Kier molecular flexibility index (Phi) is 6.10. The van der Waals surface area contributed by atoms with Crippen LogP contribution in [0.15, 0.2) is 71.3 Å². The van der Waals surface area contributed by atoms with Crippen molar-refractivity contribution in [2.45, 2.75) is 19.3 Å². The second kappa shape index (κ2) is 9.65. The topological polar surface area (TPSA) is 105 Å². The minimum Gasteiger partial charge on any atom is -0.465 e. The second-order valence-electron chi connectivity index (χ2n) is 8.15. The highest BCUT2D eigenvalue weighted by Crippen LogP contribution is 2.36. The number of allylic oxidation sites excluding steroid dienone is 1. The number of pyridine rings is 1. The van der Waals surface area contributed by atoms with Crippen LogP contribution in [-0.4, -0.2) is 23.5 Å². The Hall–Kier alpha value is -4.70. The monoisotopic (exact) mass is 463 g/mol.